The number of amides is 4. The quantitative estimate of drug-likeness (QED) is 0.0792. The molecule has 3 aliphatic heterocycles. The first-order valence-electron chi connectivity index (χ1n) is 23.6. The molecule has 17 nitrogen and oxygen atoms in total. The van der Waals surface area contributed by atoms with Crippen molar-refractivity contribution in [2.24, 2.45) is 17.6 Å². The van der Waals surface area contributed by atoms with Crippen LogP contribution in [0.4, 0.5) is 14.0 Å². The summed E-state index contributed by atoms with van der Waals surface area (Å²) in [6.07, 6.45) is 6.21. The third-order valence-electron chi connectivity index (χ3n) is 14.1. The molecule has 0 spiro atoms. The highest BCUT2D eigenvalue weighted by atomic mass is 32.1. The molecule has 7 heterocycles. The molecule has 4 aromatic heterocycles. The molecule has 2 saturated heterocycles. The predicted octanol–water partition coefficient (Wildman–Crippen LogP) is 8.26. The van der Waals surface area contributed by atoms with Crippen molar-refractivity contribution in [3.8, 4) is 39.5 Å². The van der Waals surface area contributed by atoms with Crippen LogP contribution in [0.15, 0.2) is 60.9 Å². The lowest BCUT2D eigenvalue weighted by molar-refractivity contribution is -0.136. The molecule has 6 aromatic rings. The lowest BCUT2D eigenvalue weighted by Gasteiger charge is -2.30. The van der Waals surface area contributed by atoms with Crippen LogP contribution in [-0.4, -0.2) is 97.7 Å². The number of likely N-dealkylation sites (tertiary alicyclic amines) is 2. The maximum absolute atomic E-state index is 16.9. The minimum absolute atomic E-state index is 0.156. The van der Waals surface area contributed by atoms with E-state index in [0.717, 1.165) is 64.0 Å². The van der Waals surface area contributed by atoms with Gasteiger partial charge in [-0.3, -0.25) is 14.2 Å². The second-order valence-electron chi connectivity index (χ2n) is 19.3. The highest BCUT2D eigenvalue weighted by Crippen LogP contribution is 2.51. The molecule has 19 heteroatoms. The second-order valence-corrected chi connectivity index (χ2v) is 20.4. The van der Waals surface area contributed by atoms with Crippen LogP contribution >= 0.6 is 11.3 Å². The van der Waals surface area contributed by atoms with Gasteiger partial charge in [-0.2, -0.15) is 0 Å². The number of rotatable bonds is 12. The summed E-state index contributed by atoms with van der Waals surface area (Å²) in [6, 6.07) is 13.3. The number of aromatic nitrogens is 5. The summed E-state index contributed by atoms with van der Waals surface area (Å²) >= 11 is 1.60. The molecule has 4 aliphatic rings. The van der Waals surface area contributed by atoms with Crippen molar-refractivity contribution in [2.45, 2.75) is 102 Å². The summed E-state index contributed by atoms with van der Waals surface area (Å²) in [4.78, 5) is 73.8. The van der Waals surface area contributed by atoms with E-state index in [2.05, 4.69) is 26.7 Å². The number of fused-ring (bicyclic) bond motifs is 5. The van der Waals surface area contributed by atoms with Gasteiger partial charge in [-0.15, -0.1) is 11.3 Å². The third-order valence-corrected chi connectivity index (χ3v) is 15.4. The van der Waals surface area contributed by atoms with Crippen LogP contribution < -0.4 is 21.1 Å². The van der Waals surface area contributed by atoms with Gasteiger partial charge in [-0.05, 0) is 92.8 Å². The molecule has 2 aromatic carbocycles. The van der Waals surface area contributed by atoms with Crippen LogP contribution in [0.1, 0.15) is 106 Å². The highest BCUT2D eigenvalue weighted by Gasteiger charge is 2.43. The van der Waals surface area contributed by atoms with Crippen LogP contribution in [0.2, 0.25) is 0 Å². The lowest BCUT2D eigenvalue weighted by atomic mass is 10.0. The molecule has 1 unspecified atom stereocenters. The van der Waals surface area contributed by atoms with Gasteiger partial charge in [0.05, 0.1) is 77.3 Å². The van der Waals surface area contributed by atoms with E-state index < -0.39 is 36.3 Å². The zero-order valence-corrected chi connectivity index (χ0v) is 40.2. The van der Waals surface area contributed by atoms with Crippen molar-refractivity contribution in [3.05, 3.63) is 88.1 Å². The molecule has 6 N–H and O–H groups in total. The van der Waals surface area contributed by atoms with Gasteiger partial charge in [0.15, 0.2) is 0 Å². The van der Waals surface area contributed by atoms with E-state index in [1.807, 2.05) is 68.7 Å². The summed E-state index contributed by atoms with van der Waals surface area (Å²) in [7, 11) is 2.54. The molecule has 3 fully saturated rings. The molecule has 69 heavy (non-hydrogen) atoms. The minimum atomic E-state index is -0.776. The number of methoxy groups -OCH3 is 2. The fourth-order valence-corrected chi connectivity index (χ4v) is 11.3. The van der Waals surface area contributed by atoms with Gasteiger partial charge in [0, 0.05) is 34.5 Å². The number of halogens is 1. The number of H-pyrrole nitrogens is 2. The smallest absolute Gasteiger partial charge is 0.407 e. The summed E-state index contributed by atoms with van der Waals surface area (Å²) in [5.41, 5.74) is 10.9. The van der Waals surface area contributed by atoms with E-state index in [-0.39, 0.29) is 41.3 Å². The fourth-order valence-electron chi connectivity index (χ4n) is 10.1. The van der Waals surface area contributed by atoms with E-state index in [9.17, 15) is 19.2 Å². The maximum atomic E-state index is 16.9. The SMILES string of the molecule is COC(=O)N[C@H](C(=O)N1CCC[C@H]1c1ncc(-c2cc(F)c3c(c2)OC(c2ccc(C4(N)CC4)s2)n2c-3cc3cc(-c4cnc([C@@H]5CCCN5C(=O)[C@@H](NC(=O)OC)C(C)C)[nH]4)ccc32)[nH]1)C(C)C. The fraction of sp³-hybridized carbons (Fsp3) is 0.440. The normalized spacial score (nSPS) is 20.1. The number of hydrogen-bond acceptors (Lipinski definition) is 11. The van der Waals surface area contributed by atoms with Crippen molar-refractivity contribution >= 4 is 46.2 Å². The van der Waals surface area contributed by atoms with Gasteiger partial charge in [-0.1, -0.05) is 33.8 Å². The number of benzene rings is 2. The second kappa shape index (κ2) is 18.0. The number of aromatic amines is 2. The van der Waals surface area contributed by atoms with E-state index in [0.29, 0.717) is 59.4 Å². The maximum Gasteiger partial charge on any atom is 0.407 e. The van der Waals surface area contributed by atoms with Crippen LogP contribution in [0.25, 0.3) is 44.7 Å². The van der Waals surface area contributed by atoms with Gasteiger partial charge in [-0.25, -0.2) is 23.9 Å². The third kappa shape index (κ3) is 8.38. The van der Waals surface area contributed by atoms with Crippen molar-refractivity contribution in [1.29, 1.82) is 0 Å². The summed E-state index contributed by atoms with van der Waals surface area (Å²) in [5.74, 6) is 0.369. The zero-order valence-electron chi connectivity index (χ0n) is 39.4. The summed E-state index contributed by atoms with van der Waals surface area (Å²) in [6.45, 7) is 8.55. The Bertz CT molecular complexity index is 2970. The van der Waals surface area contributed by atoms with E-state index >= 15 is 4.39 Å². The van der Waals surface area contributed by atoms with Gasteiger partial charge in [0.2, 0.25) is 18.0 Å². The molecule has 362 valence electrons. The molecule has 0 bridgehead atoms. The minimum Gasteiger partial charge on any atom is -0.464 e. The number of nitrogens with zero attached hydrogens (tertiary/aromatic N) is 5. The van der Waals surface area contributed by atoms with Gasteiger partial charge < -0.3 is 50.3 Å². The molecule has 1 saturated carbocycles. The van der Waals surface area contributed by atoms with E-state index in [4.69, 9.17) is 29.9 Å². The average molecular weight is 961 g/mol. The Kier molecular flexibility index (Phi) is 12.0. The summed E-state index contributed by atoms with van der Waals surface area (Å²) < 4.78 is 35.5. The molecular formula is C50H57FN10O7S. The Hall–Kier alpha value is -6.73. The van der Waals surface area contributed by atoms with Crippen LogP contribution in [0.5, 0.6) is 5.75 Å². The van der Waals surface area contributed by atoms with Crippen LogP contribution in [0.3, 0.4) is 0 Å². The first-order valence-corrected chi connectivity index (χ1v) is 24.4. The van der Waals surface area contributed by atoms with Crippen LogP contribution in [0, 0.1) is 17.7 Å². The van der Waals surface area contributed by atoms with Crippen molar-refractivity contribution < 1.29 is 37.8 Å². The standard InChI is InChI=1S/C50H57FN10O7S/c1-25(2)41(57-48(64)66-5)45(62)59-17-7-9-34(59)43-53-23-31(55-43)27-11-12-33-29(19-27)21-36-40-30(51)20-28(22-37(40)68-47(61(33)36)38-13-14-39(69-38)50(52)15-16-50)32-24-54-44(56-32)35-10-8-18-60(35)46(63)42(26(3)4)58-49(65)67-6/h11-14,19-26,34-35,41-42,47H,7-10,15-18,52H2,1-6H3,(H,53,55)(H,54,56)(H,57,64)(H,58,65)/t34-,35-,41-,42-,47?/m0/s1. The molecule has 5 atom stereocenters. The number of carbonyl (C=O) groups is 4. The Morgan fingerprint density at radius 1 is 0.812 bits per heavy atom. The monoisotopic (exact) mass is 960 g/mol. The molecule has 1 aliphatic carbocycles. The number of thiophene rings is 1. The lowest BCUT2D eigenvalue weighted by Crippen LogP contribution is -2.51. The first-order chi connectivity index (χ1) is 33.2. The average Bonchev–Trinajstić information content (AvgIpc) is 4.12. The largest absolute Gasteiger partial charge is 0.464 e. The predicted molar refractivity (Wildman–Crippen MR) is 256 cm³/mol. The van der Waals surface area contributed by atoms with Gasteiger partial charge in [0.1, 0.15) is 35.3 Å². The number of nitrogens with one attached hydrogen (secondary N) is 4. The first kappa shape index (κ1) is 46.0. The number of nitrogens with two attached hydrogens (primary N) is 1. The van der Waals surface area contributed by atoms with Crippen molar-refractivity contribution in [1.82, 2.24) is 44.9 Å². The van der Waals surface area contributed by atoms with Gasteiger partial charge in [0.25, 0.3) is 0 Å². The zero-order chi connectivity index (χ0) is 48.5. The number of hydrogen-bond donors (Lipinski definition) is 5. The molecule has 0 radical (unpaired) electrons. The Balaban J connectivity index is 0.971. The highest BCUT2D eigenvalue weighted by molar-refractivity contribution is 7.12. The number of imidazole rings is 2. The van der Waals surface area contributed by atoms with E-state index in [1.54, 1.807) is 33.5 Å². The Morgan fingerprint density at radius 2 is 1.39 bits per heavy atom. The summed E-state index contributed by atoms with van der Waals surface area (Å²) in [5, 5.41) is 6.25. The Labute approximate surface area is 402 Å². The number of alkyl carbamates (subject to hydrolysis) is 2. The number of carbonyl (C=O) groups excluding carboxylic acids is 4. The van der Waals surface area contributed by atoms with Crippen molar-refractivity contribution in [2.75, 3.05) is 27.3 Å². The molecule has 4 amide bonds. The van der Waals surface area contributed by atoms with Crippen LogP contribution in [-0.2, 0) is 24.6 Å². The van der Waals surface area contributed by atoms with Crippen molar-refractivity contribution in [3.63, 3.8) is 0 Å². The molecule has 10 rings (SSSR count). The van der Waals surface area contributed by atoms with Gasteiger partial charge >= 0.3 is 12.2 Å². The van der Waals surface area contributed by atoms with E-state index in [1.165, 1.54) is 20.3 Å². The topological polar surface area (TPSA) is 215 Å². The number of ether oxygens (including phenoxy) is 3. The molecular weight excluding hydrogens is 904 g/mol. The Morgan fingerprint density at radius 3 is 1.94 bits per heavy atom.